The molecular weight excluding hydrogens is 244 g/mol. The number of aliphatic carboxylic acids is 1. The summed E-state index contributed by atoms with van der Waals surface area (Å²) in [5, 5.41) is 20.7. The Labute approximate surface area is 111 Å². The topological polar surface area (TPSA) is 80.9 Å². The number of aryl methyl sites for hydroxylation is 1. The standard InChI is InChI=1S/C13H16N4O2/c1-8(2)11(13(18)19)17-12(14-15-16-17)10-6-4-9(3)5-7-10/h4-8,11H,1-3H3,(H,18,19). The largest absolute Gasteiger partial charge is 0.480 e. The molecule has 1 atom stereocenters. The van der Waals surface area contributed by atoms with Gasteiger partial charge in [-0.05, 0) is 23.3 Å². The van der Waals surface area contributed by atoms with Crippen molar-refractivity contribution in [1.29, 1.82) is 0 Å². The van der Waals surface area contributed by atoms with Gasteiger partial charge in [-0.25, -0.2) is 9.48 Å². The molecule has 0 radical (unpaired) electrons. The van der Waals surface area contributed by atoms with Crippen LogP contribution in [0.25, 0.3) is 11.4 Å². The van der Waals surface area contributed by atoms with E-state index in [1.54, 1.807) is 0 Å². The van der Waals surface area contributed by atoms with Gasteiger partial charge in [-0.1, -0.05) is 43.7 Å². The predicted octanol–water partition coefficient (Wildman–Crippen LogP) is 1.93. The van der Waals surface area contributed by atoms with E-state index in [-0.39, 0.29) is 5.92 Å². The number of tetrazole rings is 1. The number of hydrogen-bond acceptors (Lipinski definition) is 4. The SMILES string of the molecule is Cc1ccc(-c2nnnn2C(C(=O)O)C(C)C)cc1. The average molecular weight is 260 g/mol. The fourth-order valence-corrected chi connectivity index (χ4v) is 1.95. The van der Waals surface area contributed by atoms with E-state index < -0.39 is 12.0 Å². The molecule has 6 heteroatoms. The Morgan fingerprint density at radius 1 is 1.26 bits per heavy atom. The maximum absolute atomic E-state index is 11.4. The molecule has 0 bridgehead atoms. The van der Waals surface area contributed by atoms with Gasteiger partial charge in [0.15, 0.2) is 11.9 Å². The lowest BCUT2D eigenvalue weighted by atomic mass is 10.0. The van der Waals surface area contributed by atoms with Crippen LogP contribution in [0.2, 0.25) is 0 Å². The molecule has 1 unspecified atom stereocenters. The normalized spacial score (nSPS) is 12.6. The lowest BCUT2D eigenvalue weighted by Gasteiger charge is -2.17. The minimum Gasteiger partial charge on any atom is -0.480 e. The first-order valence-electron chi connectivity index (χ1n) is 6.08. The molecule has 1 aromatic heterocycles. The van der Waals surface area contributed by atoms with Crippen molar-refractivity contribution in [3.63, 3.8) is 0 Å². The average Bonchev–Trinajstić information content (AvgIpc) is 2.78. The number of aromatic nitrogens is 4. The molecule has 19 heavy (non-hydrogen) atoms. The monoisotopic (exact) mass is 260 g/mol. The molecule has 0 fully saturated rings. The van der Waals surface area contributed by atoms with Crippen molar-refractivity contribution >= 4 is 5.97 Å². The zero-order valence-electron chi connectivity index (χ0n) is 11.1. The summed E-state index contributed by atoms with van der Waals surface area (Å²) in [6.45, 7) is 5.65. The summed E-state index contributed by atoms with van der Waals surface area (Å²) in [6, 6.07) is 6.89. The molecule has 0 saturated heterocycles. The predicted molar refractivity (Wildman–Crippen MR) is 69.5 cm³/mol. The smallest absolute Gasteiger partial charge is 0.328 e. The lowest BCUT2D eigenvalue weighted by molar-refractivity contribution is -0.142. The van der Waals surface area contributed by atoms with Crippen molar-refractivity contribution < 1.29 is 9.90 Å². The van der Waals surface area contributed by atoms with Crippen LogP contribution in [0.3, 0.4) is 0 Å². The van der Waals surface area contributed by atoms with Crippen LogP contribution < -0.4 is 0 Å². The van der Waals surface area contributed by atoms with Gasteiger partial charge in [0.1, 0.15) is 0 Å². The number of carbonyl (C=O) groups is 1. The third-order valence-electron chi connectivity index (χ3n) is 2.95. The highest BCUT2D eigenvalue weighted by Gasteiger charge is 2.28. The summed E-state index contributed by atoms with van der Waals surface area (Å²) in [4.78, 5) is 11.4. The van der Waals surface area contributed by atoms with E-state index in [1.807, 2.05) is 45.0 Å². The van der Waals surface area contributed by atoms with Crippen molar-refractivity contribution in [2.45, 2.75) is 26.8 Å². The molecule has 0 aliphatic heterocycles. The molecule has 1 aromatic carbocycles. The summed E-state index contributed by atoms with van der Waals surface area (Å²) in [5.41, 5.74) is 1.93. The van der Waals surface area contributed by atoms with Crippen LogP contribution in [-0.4, -0.2) is 31.3 Å². The Morgan fingerprint density at radius 3 is 2.42 bits per heavy atom. The number of rotatable bonds is 4. The quantitative estimate of drug-likeness (QED) is 0.908. The lowest BCUT2D eigenvalue weighted by Crippen LogP contribution is -2.26. The van der Waals surface area contributed by atoms with Crippen LogP contribution >= 0.6 is 0 Å². The Kier molecular flexibility index (Phi) is 3.59. The van der Waals surface area contributed by atoms with Crippen molar-refractivity contribution in [3.05, 3.63) is 29.8 Å². The summed E-state index contributed by atoms with van der Waals surface area (Å²) < 4.78 is 1.37. The van der Waals surface area contributed by atoms with E-state index in [1.165, 1.54) is 4.68 Å². The highest BCUT2D eigenvalue weighted by atomic mass is 16.4. The highest BCUT2D eigenvalue weighted by molar-refractivity contribution is 5.73. The van der Waals surface area contributed by atoms with E-state index in [0.29, 0.717) is 5.82 Å². The van der Waals surface area contributed by atoms with Gasteiger partial charge in [0, 0.05) is 5.56 Å². The van der Waals surface area contributed by atoms with E-state index in [2.05, 4.69) is 15.5 Å². The molecule has 6 nitrogen and oxygen atoms in total. The highest BCUT2D eigenvalue weighted by Crippen LogP contribution is 2.24. The van der Waals surface area contributed by atoms with Gasteiger partial charge in [-0.15, -0.1) is 5.10 Å². The molecule has 0 amide bonds. The van der Waals surface area contributed by atoms with Crippen molar-refractivity contribution in [2.75, 3.05) is 0 Å². The number of carboxylic acids is 1. The molecule has 1 N–H and O–H groups in total. The van der Waals surface area contributed by atoms with Crippen LogP contribution in [-0.2, 0) is 4.79 Å². The van der Waals surface area contributed by atoms with Crippen molar-refractivity contribution in [3.8, 4) is 11.4 Å². The van der Waals surface area contributed by atoms with Crippen LogP contribution in [0.1, 0.15) is 25.5 Å². The van der Waals surface area contributed by atoms with Crippen LogP contribution in [0.5, 0.6) is 0 Å². The van der Waals surface area contributed by atoms with E-state index >= 15 is 0 Å². The molecule has 0 aliphatic rings. The first-order chi connectivity index (χ1) is 9.00. The van der Waals surface area contributed by atoms with Crippen LogP contribution in [0.15, 0.2) is 24.3 Å². The van der Waals surface area contributed by atoms with E-state index in [9.17, 15) is 9.90 Å². The molecule has 1 heterocycles. The van der Waals surface area contributed by atoms with Crippen molar-refractivity contribution in [1.82, 2.24) is 20.2 Å². The fourth-order valence-electron chi connectivity index (χ4n) is 1.95. The molecule has 0 aliphatic carbocycles. The van der Waals surface area contributed by atoms with Gasteiger partial charge in [0.05, 0.1) is 0 Å². The zero-order valence-corrected chi connectivity index (χ0v) is 11.1. The molecule has 2 aromatic rings. The van der Waals surface area contributed by atoms with E-state index in [4.69, 9.17) is 0 Å². The van der Waals surface area contributed by atoms with Gasteiger partial charge in [-0.2, -0.15) is 0 Å². The Hall–Kier alpha value is -2.24. The number of benzene rings is 1. The zero-order chi connectivity index (χ0) is 14.0. The van der Waals surface area contributed by atoms with Crippen LogP contribution in [0, 0.1) is 12.8 Å². The summed E-state index contributed by atoms with van der Waals surface area (Å²) in [6.07, 6.45) is 0. The molecule has 0 spiro atoms. The van der Waals surface area contributed by atoms with Gasteiger partial charge in [0.2, 0.25) is 0 Å². The first kappa shape index (κ1) is 13.2. The molecule has 0 saturated carbocycles. The second-order valence-electron chi connectivity index (χ2n) is 4.84. The van der Waals surface area contributed by atoms with Gasteiger partial charge in [-0.3, -0.25) is 0 Å². The maximum Gasteiger partial charge on any atom is 0.328 e. The Morgan fingerprint density at radius 2 is 1.89 bits per heavy atom. The van der Waals surface area contributed by atoms with Crippen LogP contribution in [0.4, 0.5) is 0 Å². The molecular formula is C13H16N4O2. The third kappa shape index (κ3) is 2.62. The maximum atomic E-state index is 11.4. The second kappa shape index (κ2) is 5.17. The first-order valence-corrected chi connectivity index (χ1v) is 6.08. The molecule has 2 rings (SSSR count). The Bertz CT molecular complexity index is 575. The van der Waals surface area contributed by atoms with Gasteiger partial charge < -0.3 is 5.11 Å². The van der Waals surface area contributed by atoms with E-state index in [0.717, 1.165) is 11.1 Å². The number of carboxylic acid groups (broad SMARTS) is 1. The molecule has 100 valence electrons. The summed E-state index contributed by atoms with van der Waals surface area (Å²) in [7, 11) is 0. The van der Waals surface area contributed by atoms with Gasteiger partial charge >= 0.3 is 5.97 Å². The minimum atomic E-state index is -0.935. The Balaban J connectivity index is 2.47. The van der Waals surface area contributed by atoms with Gasteiger partial charge in [0.25, 0.3) is 0 Å². The third-order valence-corrected chi connectivity index (χ3v) is 2.95. The summed E-state index contributed by atoms with van der Waals surface area (Å²) in [5.74, 6) is -0.568. The fraction of sp³-hybridized carbons (Fsp3) is 0.385. The summed E-state index contributed by atoms with van der Waals surface area (Å²) >= 11 is 0. The van der Waals surface area contributed by atoms with Crippen molar-refractivity contribution in [2.24, 2.45) is 5.92 Å². The number of nitrogens with zero attached hydrogens (tertiary/aromatic N) is 4. The second-order valence-corrected chi connectivity index (χ2v) is 4.84. The minimum absolute atomic E-state index is 0.106. The number of hydrogen-bond donors (Lipinski definition) is 1.